The summed E-state index contributed by atoms with van der Waals surface area (Å²) < 4.78 is 5.31. The quantitative estimate of drug-likeness (QED) is 0.745. The molecule has 1 aliphatic rings. The Morgan fingerprint density at radius 3 is 2.72 bits per heavy atom. The van der Waals surface area contributed by atoms with E-state index < -0.39 is 0 Å². The maximum Gasteiger partial charge on any atom is 0.259 e. The lowest BCUT2D eigenvalue weighted by molar-refractivity contribution is 0.0941. The Balaban J connectivity index is 1.67. The number of benzene rings is 1. The molecule has 1 unspecified atom stereocenters. The fraction of sp³-hybridized carbons (Fsp3) is 0.316. The van der Waals surface area contributed by atoms with Crippen LogP contribution in [0.2, 0.25) is 5.02 Å². The van der Waals surface area contributed by atoms with Gasteiger partial charge in [-0.25, -0.2) is 4.98 Å². The van der Waals surface area contributed by atoms with Crippen molar-refractivity contribution < 1.29 is 9.32 Å². The first kappa shape index (κ1) is 16.1. The molecule has 1 N–H and O–H groups in total. The van der Waals surface area contributed by atoms with E-state index in [0.29, 0.717) is 33.3 Å². The Bertz CT molecular complexity index is 945. The maximum atomic E-state index is 12.9. The van der Waals surface area contributed by atoms with E-state index in [2.05, 4.69) is 15.5 Å². The number of aromatic nitrogens is 2. The van der Waals surface area contributed by atoms with Gasteiger partial charge in [0.2, 0.25) is 0 Å². The first-order valence-corrected chi connectivity index (χ1v) is 8.74. The molecular weight excluding hydrogens is 338 g/mol. The molecule has 25 heavy (non-hydrogen) atoms. The van der Waals surface area contributed by atoms with Gasteiger partial charge in [0.25, 0.3) is 11.6 Å². The molecule has 5 nitrogen and oxygen atoms in total. The van der Waals surface area contributed by atoms with Crippen LogP contribution in [-0.2, 0) is 0 Å². The largest absolute Gasteiger partial charge is 0.345 e. The topological polar surface area (TPSA) is 68.0 Å². The highest BCUT2D eigenvalue weighted by Gasteiger charge is 2.29. The van der Waals surface area contributed by atoms with Gasteiger partial charge in [-0.15, -0.1) is 0 Å². The van der Waals surface area contributed by atoms with E-state index in [1.54, 1.807) is 0 Å². The van der Waals surface area contributed by atoms with E-state index in [4.69, 9.17) is 16.1 Å². The van der Waals surface area contributed by atoms with Crippen molar-refractivity contribution in [3.8, 4) is 0 Å². The summed E-state index contributed by atoms with van der Waals surface area (Å²) in [4.78, 5) is 17.4. The highest BCUT2D eigenvalue weighted by atomic mass is 35.5. The molecule has 0 spiro atoms. The average Bonchev–Trinajstić information content (AvgIpc) is 3.38. The Morgan fingerprint density at radius 2 is 2.04 bits per heavy atom. The van der Waals surface area contributed by atoms with Crippen molar-refractivity contribution in [2.24, 2.45) is 0 Å². The second kappa shape index (κ2) is 6.15. The summed E-state index contributed by atoms with van der Waals surface area (Å²) in [6.45, 7) is 3.77. The van der Waals surface area contributed by atoms with Crippen molar-refractivity contribution in [3.05, 3.63) is 57.9 Å². The summed E-state index contributed by atoms with van der Waals surface area (Å²) >= 11 is 5.93. The minimum absolute atomic E-state index is 0.141. The second-order valence-electron chi connectivity index (χ2n) is 6.56. The summed E-state index contributed by atoms with van der Waals surface area (Å²) in [5.74, 6) is 0.276. The number of nitrogens with one attached hydrogen (secondary N) is 1. The number of hydrogen-bond donors (Lipinski definition) is 1. The zero-order chi connectivity index (χ0) is 17.6. The van der Waals surface area contributed by atoms with Gasteiger partial charge in [-0.3, -0.25) is 4.79 Å². The van der Waals surface area contributed by atoms with Crippen molar-refractivity contribution in [1.82, 2.24) is 15.5 Å². The molecule has 2 heterocycles. The van der Waals surface area contributed by atoms with E-state index in [-0.39, 0.29) is 11.9 Å². The van der Waals surface area contributed by atoms with Crippen molar-refractivity contribution >= 4 is 28.6 Å². The number of rotatable bonds is 4. The van der Waals surface area contributed by atoms with Gasteiger partial charge in [0.1, 0.15) is 0 Å². The van der Waals surface area contributed by atoms with E-state index in [1.807, 2.05) is 44.2 Å². The van der Waals surface area contributed by atoms with Crippen LogP contribution in [0.5, 0.6) is 0 Å². The van der Waals surface area contributed by atoms with Crippen molar-refractivity contribution in [1.29, 1.82) is 0 Å². The molecule has 0 aliphatic heterocycles. The van der Waals surface area contributed by atoms with E-state index >= 15 is 0 Å². The second-order valence-corrected chi connectivity index (χ2v) is 7.00. The molecule has 0 saturated heterocycles. The third kappa shape index (κ3) is 3.12. The molecule has 1 aliphatic carbocycles. The Hall–Kier alpha value is -2.40. The lowest BCUT2D eigenvalue weighted by Gasteiger charge is -2.15. The summed E-state index contributed by atoms with van der Waals surface area (Å²) in [5.41, 5.74) is 3.59. The third-order valence-corrected chi connectivity index (χ3v) is 4.85. The van der Waals surface area contributed by atoms with Crippen LogP contribution in [0.3, 0.4) is 0 Å². The van der Waals surface area contributed by atoms with Gasteiger partial charge >= 0.3 is 0 Å². The van der Waals surface area contributed by atoms with Crippen LogP contribution >= 0.6 is 11.6 Å². The normalized spacial score (nSPS) is 15.3. The predicted molar refractivity (Wildman–Crippen MR) is 95.8 cm³/mol. The molecule has 1 fully saturated rings. The Morgan fingerprint density at radius 1 is 1.32 bits per heavy atom. The van der Waals surface area contributed by atoms with Crippen LogP contribution in [-0.4, -0.2) is 16.0 Å². The highest BCUT2D eigenvalue weighted by Crippen LogP contribution is 2.40. The highest BCUT2D eigenvalue weighted by molar-refractivity contribution is 6.30. The van der Waals surface area contributed by atoms with Gasteiger partial charge in [0.05, 0.1) is 22.7 Å². The fourth-order valence-electron chi connectivity index (χ4n) is 2.99. The van der Waals surface area contributed by atoms with Crippen LogP contribution in [0.25, 0.3) is 11.1 Å². The molecule has 1 atom stereocenters. The third-order valence-electron chi connectivity index (χ3n) is 4.59. The molecule has 6 heteroatoms. The lowest BCUT2D eigenvalue weighted by atomic mass is 10.1. The molecule has 1 aromatic carbocycles. The SMILES string of the molecule is Cc1noc2nc(C3CC3)cc(C(=O)NC(C)c3ccc(Cl)cc3)c12. The molecule has 2 aromatic heterocycles. The Kier molecular flexibility index (Phi) is 3.96. The van der Waals surface area contributed by atoms with E-state index in [0.717, 1.165) is 24.1 Å². The zero-order valence-electron chi connectivity index (χ0n) is 14.0. The number of halogens is 1. The maximum absolute atomic E-state index is 12.9. The van der Waals surface area contributed by atoms with Crippen LogP contribution in [0.4, 0.5) is 0 Å². The first-order chi connectivity index (χ1) is 12.0. The average molecular weight is 356 g/mol. The summed E-state index contributed by atoms with van der Waals surface area (Å²) in [6, 6.07) is 9.20. The summed E-state index contributed by atoms with van der Waals surface area (Å²) in [6.07, 6.45) is 2.21. The predicted octanol–water partition coefficient (Wildman–Crippen LogP) is 4.55. The van der Waals surface area contributed by atoms with Gasteiger partial charge in [0.15, 0.2) is 0 Å². The van der Waals surface area contributed by atoms with E-state index in [9.17, 15) is 4.79 Å². The summed E-state index contributed by atoms with van der Waals surface area (Å²) in [5, 5.41) is 8.38. The Labute approximate surface area is 150 Å². The minimum atomic E-state index is -0.150. The smallest absolute Gasteiger partial charge is 0.259 e. The molecule has 0 bridgehead atoms. The molecule has 1 saturated carbocycles. The van der Waals surface area contributed by atoms with Crippen molar-refractivity contribution in [2.45, 2.75) is 38.6 Å². The van der Waals surface area contributed by atoms with Crippen LogP contribution in [0.15, 0.2) is 34.9 Å². The standard InChI is InChI=1S/C19H18ClN3O2/c1-10(12-5-7-14(20)8-6-12)21-18(24)15-9-16(13-3-4-13)22-19-17(15)11(2)23-25-19/h5-10,13H,3-4H2,1-2H3,(H,21,24). The van der Waals surface area contributed by atoms with Gasteiger partial charge in [-0.05, 0) is 50.5 Å². The van der Waals surface area contributed by atoms with Gasteiger partial charge in [-0.1, -0.05) is 28.9 Å². The van der Waals surface area contributed by atoms with E-state index in [1.165, 1.54) is 0 Å². The van der Waals surface area contributed by atoms with Gasteiger partial charge in [-0.2, -0.15) is 0 Å². The zero-order valence-corrected chi connectivity index (χ0v) is 14.8. The molecular formula is C19H18ClN3O2. The van der Waals surface area contributed by atoms with Crippen molar-refractivity contribution in [3.63, 3.8) is 0 Å². The minimum Gasteiger partial charge on any atom is -0.345 e. The van der Waals surface area contributed by atoms with Crippen LogP contribution in [0, 0.1) is 6.92 Å². The van der Waals surface area contributed by atoms with Crippen LogP contribution in [0.1, 0.15) is 59.0 Å². The molecule has 4 rings (SSSR count). The number of aryl methyl sites for hydroxylation is 1. The first-order valence-electron chi connectivity index (χ1n) is 8.36. The fourth-order valence-corrected chi connectivity index (χ4v) is 3.12. The molecule has 3 aromatic rings. The number of hydrogen-bond acceptors (Lipinski definition) is 4. The number of nitrogens with zero attached hydrogens (tertiary/aromatic N) is 2. The number of pyridine rings is 1. The summed E-state index contributed by atoms with van der Waals surface area (Å²) in [7, 11) is 0. The number of carbonyl (C=O) groups excluding carboxylic acids is 1. The number of amides is 1. The van der Waals surface area contributed by atoms with Gasteiger partial charge in [0, 0.05) is 16.6 Å². The molecule has 128 valence electrons. The molecule has 1 amide bonds. The monoisotopic (exact) mass is 355 g/mol. The van der Waals surface area contributed by atoms with Crippen LogP contribution < -0.4 is 5.32 Å². The number of fused-ring (bicyclic) bond motifs is 1. The van der Waals surface area contributed by atoms with Crippen molar-refractivity contribution in [2.75, 3.05) is 0 Å². The lowest BCUT2D eigenvalue weighted by Crippen LogP contribution is -2.27. The number of carbonyl (C=O) groups is 1. The van der Waals surface area contributed by atoms with Gasteiger partial charge < -0.3 is 9.84 Å². The molecule has 0 radical (unpaired) electrons.